The maximum Gasteiger partial charge on any atom is 0.141 e. The van der Waals surface area contributed by atoms with Crippen LogP contribution in [0.1, 0.15) is 29.3 Å². The number of aliphatic hydroxyl groups is 1. The molecule has 0 spiro atoms. The van der Waals surface area contributed by atoms with E-state index in [9.17, 15) is 9.50 Å². The van der Waals surface area contributed by atoms with Gasteiger partial charge in [0.15, 0.2) is 0 Å². The lowest BCUT2D eigenvalue weighted by atomic mass is 9.90. The van der Waals surface area contributed by atoms with Crippen molar-refractivity contribution in [2.45, 2.75) is 26.4 Å². The van der Waals surface area contributed by atoms with Gasteiger partial charge in [-0.1, -0.05) is 18.2 Å². The predicted molar refractivity (Wildman–Crippen MR) is 68.8 cm³/mol. The predicted octanol–water partition coefficient (Wildman–Crippen LogP) is 3.09. The van der Waals surface area contributed by atoms with E-state index in [1.807, 2.05) is 32.0 Å². The summed E-state index contributed by atoms with van der Waals surface area (Å²) in [5.74, 6) is -0.408. The minimum absolute atomic E-state index is 0.408. The number of aromatic nitrogens is 1. The number of benzene rings is 1. The lowest BCUT2D eigenvalue weighted by Gasteiger charge is -2.24. The lowest BCUT2D eigenvalue weighted by Crippen LogP contribution is -2.24. The molecule has 0 fully saturated rings. The fraction of sp³-hybridized carbons (Fsp3) is 0.267. The van der Waals surface area contributed by atoms with Crippen molar-refractivity contribution in [2.75, 3.05) is 0 Å². The average molecular weight is 245 g/mol. The lowest BCUT2D eigenvalue weighted by molar-refractivity contribution is 0.0972. The third kappa shape index (κ3) is 2.27. The number of rotatable bonds is 2. The highest BCUT2D eigenvalue weighted by molar-refractivity contribution is 5.37. The zero-order valence-corrected chi connectivity index (χ0v) is 10.7. The molecule has 0 saturated carbocycles. The molecule has 2 nitrogen and oxygen atoms in total. The molecule has 0 amide bonds. The quantitative estimate of drug-likeness (QED) is 0.882. The molecule has 0 saturated heterocycles. The van der Waals surface area contributed by atoms with E-state index in [0.29, 0.717) is 5.69 Å². The normalized spacial score (nSPS) is 14.3. The number of halogens is 1. The Balaban J connectivity index is 2.46. The van der Waals surface area contributed by atoms with Crippen LogP contribution in [0.4, 0.5) is 4.39 Å². The van der Waals surface area contributed by atoms with Crippen molar-refractivity contribution >= 4 is 0 Å². The van der Waals surface area contributed by atoms with E-state index in [-0.39, 0.29) is 0 Å². The minimum atomic E-state index is -1.22. The van der Waals surface area contributed by atoms with Crippen LogP contribution in [0.25, 0.3) is 0 Å². The first kappa shape index (κ1) is 12.7. The Kier molecular flexibility index (Phi) is 3.18. The van der Waals surface area contributed by atoms with Crippen LogP contribution in [0.5, 0.6) is 0 Å². The van der Waals surface area contributed by atoms with Gasteiger partial charge in [-0.25, -0.2) is 4.39 Å². The van der Waals surface area contributed by atoms with Gasteiger partial charge in [-0.05, 0) is 49.6 Å². The summed E-state index contributed by atoms with van der Waals surface area (Å²) in [6.07, 6.45) is 1.12. The molecule has 1 heterocycles. The molecule has 0 aliphatic rings. The number of hydrogen-bond acceptors (Lipinski definition) is 2. The van der Waals surface area contributed by atoms with Gasteiger partial charge >= 0.3 is 0 Å². The number of pyridine rings is 1. The van der Waals surface area contributed by atoms with Gasteiger partial charge in [-0.2, -0.15) is 0 Å². The van der Waals surface area contributed by atoms with Crippen molar-refractivity contribution in [3.05, 3.63) is 64.7 Å². The van der Waals surface area contributed by atoms with E-state index in [1.54, 1.807) is 6.92 Å². The van der Waals surface area contributed by atoms with Crippen molar-refractivity contribution in [1.29, 1.82) is 0 Å². The third-order valence-corrected chi connectivity index (χ3v) is 3.30. The highest BCUT2D eigenvalue weighted by Crippen LogP contribution is 2.28. The van der Waals surface area contributed by atoms with Gasteiger partial charge in [0.1, 0.15) is 11.4 Å². The van der Waals surface area contributed by atoms with E-state index in [1.165, 1.54) is 17.7 Å². The Bertz CT molecular complexity index is 561. The van der Waals surface area contributed by atoms with Crippen molar-refractivity contribution in [3.8, 4) is 0 Å². The van der Waals surface area contributed by atoms with Gasteiger partial charge in [0.2, 0.25) is 0 Å². The smallest absolute Gasteiger partial charge is 0.141 e. The maximum atomic E-state index is 12.9. The first-order valence-electron chi connectivity index (χ1n) is 5.83. The first-order chi connectivity index (χ1) is 8.41. The second-order valence-electron chi connectivity index (χ2n) is 4.73. The molecule has 1 aromatic heterocycles. The molecule has 0 radical (unpaired) electrons. The maximum absolute atomic E-state index is 12.9. The molecule has 0 aliphatic carbocycles. The Labute approximate surface area is 106 Å². The van der Waals surface area contributed by atoms with Crippen LogP contribution in [-0.2, 0) is 5.60 Å². The van der Waals surface area contributed by atoms with Gasteiger partial charge in [-0.15, -0.1) is 0 Å². The van der Waals surface area contributed by atoms with Crippen LogP contribution in [0.15, 0.2) is 36.5 Å². The van der Waals surface area contributed by atoms with E-state index >= 15 is 0 Å². The summed E-state index contributed by atoms with van der Waals surface area (Å²) in [4.78, 5) is 3.95. The minimum Gasteiger partial charge on any atom is -0.379 e. The van der Waals surface area contributed by atoms with Crippen molar-refractivity contribution < 1.29 is 9.50 Å². The molecular weight excluding hydrogens is 229 g/mol. The zero-order valence-electron chi connectivity index (χ0n) is 10.7. The second kappa shape index (κ2) is 4.50. The SMILES string of the molecule is Cc1ccc(C(C)(O)c2ccc(F)cn2)cc1C. The van der Waals surface area contributed by atoms with E-state index in [2.05, 4.69) is 4.98 Å². The molecule has 18 heavy (non-hydrogen) atoms. The number of aryl methyl sites for hydroxylation is 2. The summed E-state index contributed by atoms with van der Waals surface area (Å²) in [6, 6.07) is 8.57. The summed E-state index contributed by atoms with van der Waals surface area (Å²) >= 11 is 0. The van der Waals surface area contributed by atoms with Crippen LogP contribution >= 0.6 is 0 Å². The molecule has 1 aromatic carbocycles. The van der Waals surface area contributed by atoms with Crippen LogP contribution in [0.3, 0.4) is 0 Å². The Hall–Kier alpha value is -1.74. The van der Waals surface area contributed by atoms with Crippen LogP contribution in [0.2, 0.25) is 0 Å². The van der Waals surface area contributed by atoms with Gasteiger partial charge in [0.25, 0.3) is 0 Å². The fourth-order valence-electron chi connectivity index (χ4n) is 1.86. The van der Waals surface area contributed by atoms with Gasteiger partial charge < -0.3 is 5.11 Å². The van der Waals surface area contributed by atoms with E-state index in [0.717, 1.165) is 17.3 Å². The monoisotopic (exact) mass is 245 g/mol. The van der Waals surface area contributed by atoms with Gasteiger partial charge in [0.05, 0.1) is 11.9 Å². The Morgan fingerprint density at radius 1 is 1.11 bits per heavy atom. The molecule has 0 aliphatic heterocycles. The molecule has 1 N–H and O–H groups in total. The second-order valence-corrected chi connectivity index (χ2v) is 4.73. The average Bonchev–Trinajstić information content (AvgIpc) is 2.33. The number of hydrogen-bond donors (Lipinski definition) is 1. The van der Waals surface area contributed by atoms with Gasteiger partial charge in [0, 0.05) is 0 Å². The van der Waals surface area contributed by atoms with E-state index < -0.39 is 11.4 Å². The molecular formula is C15H16FNO. The van der Waals surface area contributed by atoms with Crippen LogP contribution < -0.4 is 0 Å². The van der Waals surface area contributed by atoms with Crippen LogP contribution in [-0.4, -0.2) is 10.1 Å². The fourth-order valence-corrected chi connectivity index (χ4v) is 1.86. The summed E-state index contributed by atoms with van der Waals surface area (Å²) < 4.78 is 12.9. The molecule has 3 heteroatoms. The molecule has 2 aromatic rings. The molecule has 2 rings (SSSR count). The summed E-state index contributed by atoms with van der Waals surface area (Å²) in [5, 5.41) is 10.6. The Morgan fingerprint density at radius 2 is 1.83 bits per heavy atom. The first-order valence-corrected chi connectivity index (χ1v) is 5.83. The summed E-state index contributed by atoms with van der Waals surface area (Å²) in [7, 11) is 0. The van der Waals surface area contributed by atoms with E-state index in [4.69, 9.17) is 0 Å². The highest BCUT2D eigenvalue weighted by atomic mass is 19.1. The molecule has 0 bridgehead atoms. The third-order valence-electron chi connectivity index (χ3n) is 3.30. The standard InChI is InChI=1S/C15H16FNO/c1-10-4-5-12(8-11(10)2)15(3,18)14-7-6-13(16)9-17-14/h4-9,18H,1-3H3. The molecule has 94 valence electrons. The zero-order chi connectivity index (χ0) is 13.3. The molecule has 1 atom stereocenters. The highest BCUT2D eigenvalue weighted by Gasteiger charge is 2.27. The van der Waals surface area contributed by atoms with Crippen molar-refractivity contribution in [2.24, 2.45) is 0 Å². The number of nitrogens with zero attached hydrogens (tertiary/aromatic N) is 1. The van der Waals surface area contributed by atoms with Crippen molar-refractivity contribution in [1.82, 2.24) is 4.98 Å². The topological polar surface area (TPSA) is 33.1 Å². The van der Waals surface area contributed by atoms with Crippen LogP contribution in [0, 0.1) is 19.7 Å². The molecule has 1 unspecified atom stereocenters. The van der Waals surface area contributed by atoms with Crippen molar-refractivity contribution in [3.63, 3.8) is 0 Å². The van der Waals surface area contributed by atoms with Gasteiger partial charge in [-0.3, -0.25) is 4.98 Å². The summed E-state index contributed by atoms with van der Waals surface area (Å²) in [5.41, 5.74) is 2.25. The largest absolute Gasteiger partial charge is 0.379 e. The summed E-state index contributed by atoms with van der Waals surface area (Å²) in [6.45, 7) is 5.67. The Morgan fingerprint density at radius 3 is 2.39 bits per heavy atom.